The van der Waals surface area contributed by atoms with E-state index in [4.69, 9.17) is 16.3 Å². The van der Waals surface area contributed by atoms with Crippen LogP contribution in [0.15, 0.2) is 24.3 Å². The average Bonchev–Trinajstić information content (AvgIpc) is 2.68. The second kappa shape index (κ2) is 5.96. The Labute approximate surface area is 122 Å². The van der Waals surface area contributed by atoms with Crippen LogP contribution in [0.25, 0.3) is 0 Å². The number of hydrogen-bond acceptors (Lipinski definition) is 3. The summed E-state index contributed by atoms with van der Waals surface area (Å²) >= 11 is 6.01. The van der Waals surface area contributed by atoms with Crippen LogP contribution in [0.3, 0.4) is 0 Å². The summed E-state index contributed by atoms with van der Waals surface area (Å²) in [5.74, 6) is 0.459. The Kier molecular flexibility index (Phi) is 4.29. The molecule has 0 unspecified atom stereocenters. The van der Waals surface area contributed by atoms with Gasteiger partial charge in [-0.3, -0.25) is 9.48 Å². The molecule has 0 spiro atoms. The van der Waals surface area contributed by atoms with Crippen molar-refractivity contribution in [3.05, 3.63) is 40.7 Å². The summed E-state index contributed by atoms with van der Waals surface area (Å²) in [4.78, 5) is 12.0. The molecular weight excluding hydrogens is 278 g/mol. The van der Waals surface area contributed by atoms with Gasteiger partial charge in [0.15, 0.2) is 0 Å². The maximum absolute atomic E-state index is 12.0. The number of benzene rings is 1. The number of ether oxygens (including phenoxy) is 1. The van der Waals surface area contributed by atoms with Crippen molar-refractivity contribution in [1.82, 2.24) is 9.78 Å². The lowest BCUT2D eigenvalue weighted by atomic mass is 10.2. The van der Waals surface area contributed by atoms with Gasteiger partial charge in [0.1, 0.15) is 5.75 Å². The molecule has 0 aliphatic heterocycles. The molecule has 1 amide bonds. The van der Waals surface area contributed by atoms with Crippen LogP contribution in [0.1, 0.15) is 11.4 Å². The average molecular weight is 294 g/mol. The SMILES string of the molecule is COc1ccc(NC(=O)Cc2cc(C)nn2C)cc1Cl. The largest absolute Gasteiger partial charge is 0.495 e. The van der Waals surface area contributed by atoms with Gasteiger partial charge in [-0.15, -0.1) is 0 Å². The Hall–Kier alpha value is -2.01. The molecule has 2 rings (SSSR count). The Morgan fingerprint density at radius 1 is 1.45 bits per heavy atom. The Morgan fingerprint density at radius 2 is 2.20 bits per heavy atom. The molecule has 0 aliphatic carbocycles. The van der Waals surface area contributed by atoms with Gasteiger partial charge < -0.3 is 10.1 Å². The fraction of sp³-hybridized carbons (Fsp3) is 0.286. The van der Waals surface area contributed by atoms with E-state index in [0.29, 0.717) is 16.5 Å². The summed E-state index contributed by atoms with van der Waals surface area (Å²) in [6.07, 6.45) is 0.265. The zero-order valence-electron chi connectivity index (χ0n) is 11.6. The molecule has 0 radical (unpaired) electrons. The van der Waals surface area contributed by atoms with Gasteiger partial charge in [-0.1, -0.05) is 11.6 Å². The third kappa shape index (κ3) is 3.30. The predicted octanol–water partition coefficient (Wildman–Crippen LogP) is 2.57. The van der Waals surface area contributed by atoms with E-state index in [9.17, 15) is 4.79 Å². The second-order valence-electron chi connectivity index (χ2n) is 4.47. The fourth-order valence-corrected chi connectivity index (χ4v) is 2.20. The lowest BCUT2D eigenvalue weighted by Gasteiger charge is -2.08. The highest BCUT2D eigenvalue weighted by Gasteiger charge is 2.10. The smallest absolute Gasteiger partial charge is 0.230 e. The number of halogens is 1. The molecule has 0 bridgehead atoms. The molecule has 0 fully saturated rings. The lowest BCUT2D eigenvalue weighted by Crippen LogP contribution is -2.16. The van der Waals surface area contributed by atoms with Crippen LogP contribution < -0.4 is 10.1 Å². The summed E-state index contributed by atoms with van der Waals surface area (Å²) in [7, 11) is 3.37. The van der Waals surface area contributed by atoms with E-state index < -0.39 is 0 Å². The van der Waals surface area contributed by atoms with Crippen molar-refractivity contribution >= 4 is 23.2 Å². The summed E-state index contributed by atoms with van der Waals surface area (Å²) < 4.78 is 6.77. The van der Waals surface area contributed by atoms with Gasteiger partial charge in [-0.25, -0.2) is 0 Å². The van der Waals surface area contributed by atoms with Crippen molar-refractivity contribution in [3.8, 4) is 5.75 Å². The van der Waals surface area contributed by atoms with Gasteiger partial charge in [0.05, 0.1) is 24.2 Å². The highest BCUT2D eigenvalue weighted by molar-refractivity contribution is 6.32. The van der Waals surface area contributed by atoms with Crippen LogP contribution in [0.5, 0.6) is 5.75 Å². The number of rotatable bonds is 4. The fourth-order valence-electron chi connectivity index (χ4n) is 1.94. The minimum Gasteiger partial charge on any atom is -0.495 e. The Balaban J connectivity index is 2.04. The molecule has 6 heteroatoms. The third-order valence-corrected chi connectivity index (χ3v) is 3.17. The van der Waals surface area contributed by atoms with Crippen LogP contribution in [-0.4, -0.2) is 22.8 Å². The van der Waals surface area contributed by atoms with Gasteiger partial charge in [0.2, 0.25) is 5.91 Å². The first-order chi connectivity index (χ1) is 9.49. The quantitative estimate of drug-likeness (QED) is 0.942. The van der Waals surface area contributed by atoms with Crippen molar-refractivity contribution in [3.63, 3.8) is 0 Å². The van der Waals surface area contributed by atoms with Crippen molar-refractivity contribution < 1.29 is 9.53 Å². The molecule has 5 nitrogen and oxygen atoms in total. The van der Waals surface area contributed by atoms with Crippen LogP contribution in [-0.2, 0) is 18.3 Å². The zero-order valence-corrected chi connectivity index (χ0v) is 12.4. The number of hydrogen-bond donors (Lipinski definition) is 1. The maximum Gasteiger partial charge on any atom is 0.230 e. The number of amides is 1. The van der Waals surface area contributed by atoms with Gasteiger partial charge in [-0.2, -0.15) is 5.10 Å². The van der Waals surface area contributed by atoms with Crippen LogP contribution in [0.2, 0.25) is 5.02 Å². The number of nitrogens with one attached hydrogen (secondary N) is 1. The molecule has 20 heavy (non-hydrogen) atoms. The van der Waals surface area contributed by atoms with Crippen molar-refractivity contribution in [1.29, 1.82) is 0 Å². The van der Waals surface area contributed by atoms with E-state index in [-0.39, 0.29) is 12.3 Å². The highest BCUT2D eigenvalue weighted by atomic mass is 35.5. The topological polar surface area (TPSA) is 56.1 Å². The summed E-state index contributed by atoms with van der Waals surface area (Å²) in [6.45, 7) is 1.89. The standard InChI is InChI=1S/C14H16ClN3O2/c1-9-6-11(18(2)17-9)8-14(19)16-10-4-5-13(20-3)12(15)7-10/h4-7H,8H2,1-3H3,(H,16,19). The molecule has 2 aromatic rings. The van der Waals surface area contributed by atoms with E-state index in [2.05, 4.69) is 10.4 Å². The van der Waals surface area contributed by atoms with Gasteiger partial charge in [0, 0.05) is 18.4 Å². The lowest BCUT2D eigenvalue weighted by molar-refractivity contribution is -0.115. The van der Waals surface area contributed by atoms with E-state index in [1.54, 1.807) is 30.0 Å². The normalized spacial score (nSPS) is 10.4. The second-order valence-corrected chi connectivity index (χ2v) is 4.88. The first kappa shape index (κ1) is 14.4. The third-order valence-electron chi connectivity index (χ3n) is 2.88. The first-order valence-corrected chi connectivity index (χ1v) is 6.50. The number of aryl methyl sites for hydroxylation is 2. The van der Waals surface area contributed by atoms with Crippen molar-refractivity contribution in [2.45, 2.75) is 13.3 Å². The number of aromatic nitrogens is 2. The molecule has 0 saturated heterocycles. The van der Waals surface area contributed by atoms with Crippen LogP contribution in [0, 0.1) is 6.92 Å². The Bertz CT molecular complexity index is 637. The number of methoxy groups -OCH3 is 1. The molecule has 1 N–H and O–H groups in total. The van der Waals surface area contributed by atoms with Gasteiger partial charge >= 0.3 is 0 Å². The van der Waals surface area contributed by atoms with E-state index >= 15 is 0 Å². The van der Waals surface area contributed by atoms with Crippen LogP contribution in [0.4, 0.5) is 5.69 Å². The zero-order chi connectivity index (χ0) is 14.7. The predicted molar refractivity (Wildman–Crippen MR) is 78.3 cm³/mol. The molecule has 1 heterocycles. The molecule has 1 aromatic carbocycles. The molecule has 106 valence electrons. The van der Waals surface area contributed by atoms with Gasteiger partial charge in [-0.05, 0) is 31.2 Å². The number of nitrogens with zero attached hydrogens (tertiary/aromatic N) is 2. The number of carbonyl (C=O) groups is 1. The number of anilines is 1. The maximum atomic E-state index is 12.0. The van der Waals surface area contributed by atoms with Crippen LogP contribution >= 0.6 is 11.6 Å². The van der Waals surface area contributed by atoms with E-state index in [1.807, 2.05) is 20.0 Å². The summed E-state index contributed by atoms with van der Waals surface area (Å²) in [6, 6.07) is 7.01. The number of carbonyl (C=O) groups excluding carboxylic acids is 1. The Morgan fingerprint density at radius 3 is 2.75 bits per heavy atom. The minimum atomic E-state index is -0.116. The molecular formula is C14H16ClN3O2. The molecule has 0 saturated carbocycles. The van der Waals surface area contributed by atoms with Crippen molar-refractivity contribution in [2.75, 3.05) is 12.4 Å². The minimum absolute atomic E-state index is 0.116. The monoisotopic (exact) mass is 293 g/mol. The van der Waals surface area contributed by atoms with Gasteiger partial charge in [0.25, 0.3) is 0 Å². The van der Waals surface area contributed by atoms with E-state index in [1.165, 1.54) is 0 Å². The molecule has 0 aliphatic rings. The summed E-state index contributed by atoms with van der Waals surface area (Å²) in [5, 5.41) is 7.47. The van der Waals surface area contributed by atoms with E-state index in [0.717, 1.165) is 11.4 Å². The first-order valence-electron chi connectivity index (χ1n) is 6.12. The molecule has 1 aromatic heterocycles. The highest BCUT2D eigenvalue weighted by Crippen LogP contribution is 2.27. The van der Waals surface area contributed by atoms with Crippen molar-refractivity contribution in [2.24, 2.45) is 7.05 Å². The molecule has 0 atom stereocenters. The summed E-state index contributed by atoms with van der Waals surface area (Å²) in [5.41, 5.74) is 2.39.